The molecule has 2 aliphatic rings. The largest absolute Gasteiger partial charge is 0.495 e. The lowest BCUT2D eigenvalue weighted by Gasteiger charge is -2.35. The molecule has 1 saturated heterocycles. The molecule has 0 spiro atoms. The molecule has 4 rings (SSSR count). The normalized spacial score (nSPS) is 19.3. The highest BCUT2D eigenvalue weighted by molar-refractivity contribution is 7.89. The number of hydrogen-bond donors (Lipinski definition) is 0. The molecule has 1 aliphatic carbocycles. The van der Waals surface area contributed by atoms with Gasteiger partial charge in [0.2, 0.25) is 10.0 Å². The summed E-state index contributed by atoms with van der Waals surface area (Å²) in [6.07, 6.45) is 6.29. The lowest BCUT2D eigenvalue weighted by atomic mass is 10.2. The van der Waals surface area contributed by atoms with E-state index < -0.39 is 10.0 Å². The van der Waals surface area contributed by atoms with Crippen LogP contribution in [0.4, 0.5) is 5.69 Å². The fourth-order valence-corrected chi connectivity index (χ4v) is 5.85. The van der Waals surface area contributed by atoms with Crippen LogP contribution in [0.15, 0.2) is 35.4 Å². The summed E-state index contributed by atoms with van der Waals surface area (Å²) in [5, 5.41) is 4.52. The average Bonchev–Trinajstić information content (AvgIpc) is 3.38. The molecule has 2 heterocycles. The van der Waals surface area contributed by atoms with Crippen LogP contribution in [0.1, 0.15) is 37.4 Å². The molecule has 2 aromatic rings. The molecule has 1 aromatic heterocycles. The van der Waals surface area contributed by atoms with Crippen molar-refractivity contribution in [3.05, 3.63) is 36.2 Å². The summed E-state index contributed by atoms with van der Waals surface area (Å²) in [4.78, 5) is 2.53. The van der Waals surface area contributed by atoms with Crippen molar-refractivity contribution in [2.75, 3.05) is 38.2 Å². The highest BCUT2D eigenvalue weighted by Crippen LogP contribution is 2.32. The molecule has 0 N–H and O–H groups in total. The van der Waals surface area contributed by atoms with Crippen molar-refractivity contribution in [1.82, 2.24) is 14.1 Å². The SMILES string of the molecule is COc1ccccc1N1CCN(S(=O)(=O)c2cn(C3CCCC3)nc2C)CC1. The van der Waals surface area contributed by atoms with E-state index in [0.717, 1.165) is 24.3 Å². The lowest BCUT2D eigenvalue weighted by Crippen LogP contribution is -2.48. The Morgan fingerprint density at radius 1 is 1.07 bits per heavy atom. The minimum Gasteiger partial charge on any atom is -0.495 e. The second-order valence-corrected chi connectivity index (χ2v) is 9.47. The van der Waals surface area contributed by atoms with Gasteiger partial charge in [0.15, 0.2) is 0 Å². The quantitative estimate of drug-likeness (QED) is 0.767. The molecule has 1 aromatic carbocycles. The number of rotatable bonds is 5. The molecular weight excluding hydrogens is 376 g/mol. The van der Waals surface area contributed by atoms with Gasteiger partial charge < -0.3 is 9.64 Å². The van der Waals surface area contributed by atoms with Crippen molar-refractivity contribution >= 4 is 15.7 Å². The fourth-order valence-electron chi connectivity index (χ4n) is 4.27. The molecule has 0 atom stereocenters. The number of aromatic nitrogens is 2. The van der Waals surface area contributed by atoms with Gasteiger partial charge in [0.1, 0.15) is 10.6 Å². The number of hydrogen-bond acceptors (Lipinski definition) is 5. The standard InChI is InChI=1S/C20H28N4O3S/c1-16-20(15-24(21-16)17-7-3-4-8-17)28(25,26)23-13-11-22(12-14-23)18-9-5-6-10-19(18)27-2/h5-6,9-10,15,17H,3-4,7-8,11-14H2,1-2H3. The van der Waals surface area contributed by atoms with Gasteiger partial charge in [0.25, 0.3) is 0 Å². The van der Waals surface area contributed by atoms with Crippen LogP contribution < -0.4 is 9.64 Å². The Morgan fingerprint density at radius 3 is 2.43 bits per heavy atom. The highest BCUT2D eigenvalue weighted by atomic mass is 32.2. The van der Waals surface area contributed by atoms with Crippen molar-refractivity contribution in [3.8, 4) is 5.75 Å². The van der Waals surface area contributed by atoms with Crippen LogP contribution in [0.25, 0.3) is 0 Å². The third kappa shape index (κ3) is 3.51. The molecule has 0 bridgehead atoms. The summed E-state index contributed by atoms with van der Waals surface area (Å²) >= 11 is 0. The monoisotopic (exact) mass is 404 g/mol. The van der Waals surface area contributed by atoms with E-state index in [2.05, 4.69) is 10.00 Å². The van der Waals surface area contributed by atoms with Gasteiger partial charge in [-0.2, -0.15) is 9.40 Å². The number of para-hydroxylation sites is 2. The van der Waals surface area contributed by atoms with Crippen LogP contribution in [-0.2, 0) is 10.0 Å². The Kier molecular flexibility index (Phi) is 5.33. The molecule has 0 unspecified atom stereocenters. The number of anilines is 1. The van der Waals surface area contributed by atoms with E-state index in [4.69, 9.17) is 4.74 Å². The second kappa shape index (κ2) is 7.75. The Balaban J connectivity index is 1.49. The fraction of sp³-hybridized carbons (Fsp3) is 0.550. The minimum atomic E-state index is -3.53. The zero-order valence-corrected chi connectivity index (χ0v) is 17.4. The Labute approximate surface area is 166 Å². The first-order valence-corrected chi connectivity index (χ1v) is 11.4. The molecule has 2 fully saturated rings. The van der Waals surface area contributed by atoms with Crippen molar-refractivity contribution in [2.24, 2.45) is 0 Å². The third-order valence-corrected chi connectivity index (χ3v) is 7.85. The first-order valence-electron chi connectivity index (χ1n) is 9.94. The van der Waals surface area contributed by atoms with E-state index in [0.29, 0.717) is 42.8 Å². The molecule has 0 amide bonds. The summed E-state index contributed by atoms with van der Waals surface area (Å²) in [7, 11) is -1.87. The Bertz CT molecular complexity index is 927. The summed E-state index contributed by atoms with van der Waals surface area (Å²) in [5.74, 6) is 0.812. The number of nitrogens with zero attached hydrogens (tertiary/aromatic N) is 4. The smallest absolute Gasteiger partial charge is 0.246 e. The minimum absolute atomic E-state index is 0.338. The summed E-state index contributed by atoms with van der Waals surface area (Å²) in [6, 6.07) is 8.19. The van der Waals surface area contributed by atoms with Gasteiger partial charge in [-0.3, -0.25) is 4.68 Å². The van der Waals surface area contributed by atoms with Gasteiger partial charge >= 0.3 is 0 Å². The molecule has 8 heteroatoms. The van der Waals surface area contributed by atoms with Crippen LogP contribution in [-0.4, -0.2) is 55.8 Å². The van der Waals surface area contributed by atoms with E-state index in [1.165, 1.54) is 12.8 Å². The number of benzene rings is 1. The predicted molar refractivity (Wildman–Crippen MR) is 108 cm³/mol. The number of aryl methyl sites for hydroxylation is 1. The topological polar surface area (TPSA) is 67.7 Å². The lowest BCUT2D eigenvalue weighted by molar-refractivity contribution is 0.378. The first-order chi connectivity index (χ1) is 13.5. The van der Waals surface area contributed by atoms with Gasteiger partial charge in [0.05, 0.1) is 24.5 Å². The van der Waals surface area contributed by atoms with Gasteiger partial charge in [-0.1, -0.05) is 25.0 Å². The van der Waals surface area contributed by atoms with Gasteiger partial charge in [0, 0.05) is 32.4 Å². The molecule has 7 nitrogen and oxygen atoms in total. The van der Waals surface area contributed by atoms with E-state index in [1.807, 2.05) is 28.9 Å². The summed E-state index contributed by atoms with van der Waals surface area (Å²) < 4.78 is 35.4. The number of sulfonamides is 1. The van der Waals surface area contributed by atoms with E-state index in [1.54, 1.807) is 24.5 Å². The number of ether oxygens (including phenoxy) is 1. The summed E-state index contributed by atoms with van der Waals surface area (Å²) in [5.41, 5.74) is 1.60. The zero-order valence-electron chi connectivity index (χ0n) is 16.5. The van der Waals surface area contributed by atoms with E-state index >= 15 is 0 Å². The van der Waals surface area contributed by atoms with Crippen LogP contribution in [0.3, 0.4) is 0 Å². The van der Waals surface area contributed by atoms with Crippen molar-refractivity contribution in [1.29, 1.82) is 0 Å². The van der Waals surface area contributed by atoms with Crippen LogP contribution in [0.2, 0.25) is 0 Å². The van der Waals surface area contributed by atoms with Crippen LogP contribution in [0.5, 0.6) is 5.75 Å². The van der Waals surface area contributed by atoms with Gasteiger partial charge in [-0.25, -0.2) is 8.42 Å². The van der Waals surface area contributed by atoms with Crippen molar-refractivity contribution in [3.63, 3.8) is 0 Å². The van der Waals surface area contributed by atoms with Crippen molar-refractivity contribution < 1.29 is 13.2 Å². The Hall–Kier alpha value is -2.06. The maximum Gasteiger partial charge on any atom is 0.246 e. The van der Waals surface area contributed by atoms with Crippen LogP contribution >= 0.6 is 0 Å². The predicted octanol–water partition coefficient (Wildman–Crippen LogP) is 2.83. The molecule has 152 valence electrons. The molecular formula is C20H28N4O3S. The molecule has 1 saturated carbocycles. The number of methoxy groups -OCH3 is 1. The number of piperazine rings is 1. The van der Waals surface area contributed by atoms with E-state index in [-0.39, 0.29) is 0 Å². The molecule has 0 radical (unpaired) electrons. The van der Waals surface area contributed by atoms with Crippen LogP contribution in [0, 0.1) is 6.92 Å². The van der Waals surface area contributed by atoms with Gasteiger partial charge in [-0.15, -0.1) is 0 Å². The maximum atomic E-state index is 13.2. The maximum absolute atomic E-state index is 13.2. The summed E-state index contributed by atoms with van der Waals surface area (Å²) in [6.45, 7) is 3.97. The average molecular weight is 405 g/mol. The zero-order chi connectivity index (χ0) is 19.7. The highest BCUT2D eigenvalue weighted by Gasteiger charge is 2.32. The second-order valence-electron chi connectivity index (χ2n) is 7.56. The van der Waals surface area contributed by atoms with E-state index in [9.17, 15) is 8.42 Å². The molecule has 28 heavy (non-hydrogen) atoms. The van der Waals surface area contributed by atoms with Crippen molar-refractivity contribution in [2.45, 2.75) is 43.5 Å². The third-order valence-electron chi connectivity index (χ3n) is 5.85. The first kappa shape index (κ1) is 19.3. The Morgan fingerprint density at radius 2 is 1.75 bits per heavy atom. The van der Waals surface area contributed by atoms with Gasteiger partial charge in [-0.05, 0) is 31.9 Å². The molecule has 1 aliphatic heterocycles.